The number of hydrogen-bond acceptors (Lipinski definition) is 4. The zero-order chi connectivity index (χ0) is 14.6. The number of hydrogen-bond donors (Lipinski definition) is 1. The minimum Gasteiger partial charge on any atom is -0.339 e. The Balaban J connectivity index is 2.76. The number of primary sulfonamides is 1. The fourth-order valence-corrected chi connectivity index (χ4v) is 3.34. The molecule has 1 rings (SSSR count). The maximum absolute atomic E-state index is 12.0. The van der Waals surface area contributed by atoms with Crippen LogP contribution in [0.15, 0.2) is 28.5 Å². The Morgan fingerprint density at radius 2 is 2.11 bits per heavy atom. The Morgan fingerprint density at radius 1 is 1.47 bits per heavy atom. The molecule has 7 heteroatoms. The van der Waals surface area contributed by atoms with Crippen LogP contribution in [-0.4, -0.2) is 32.3 Å². The maximum Gasteiger partial charge on any atom is 0.247 e. The van der Waals surface area contributed by atoms with E-state index in [9.17, 15) is 13.2 Å². The van der Waals surface area contributed by atoms with Crippen molar-refractivity contribution < 1.29 is 13.2 Å². The number of nitrogens with zero attached hydrogens (tertiary/aromatic N) is 1. The Kier molecular flexibility index (Phi) is 5.28. The van der Waals surface area contributed by atoms with Gasteiger partial charge in [-0.15, -0.1) is 11.3 Å². The molecule has 2 N–H and O–H groups in total. The van der Waals surface area contributed by atoms with Gasteiger partial charge >= 0.3 is 0 Å². The number of thiophene rings is 1. The molecule has 0 unspecified atom stereocenters. The molecule has 1 heterocycles. The molecule has 5 nitrogen and oxygen atoms in total. The van der Waals surface area contributed by atoms with Crippen LogP contribution in [0.2, 0.25) is 0 Å². The normalized spacial score (nSPS) is 11.3. The van der Waals surface area contributed by atoms with Crippen LogP contribution in [0.4, 0.5) is 0 Å². The van der Waals surface area contributed by atoms with E-state index in [0.29, 0.717) is 18.0 Å². The topological polar surface area (TPSA) is 80.5 Å². The standard InChI is InChI=1S/C12H18N2O3S2/c1-4-14(8-9(2)3)11(15)7-10-5-6-12(18-10)19(13,16)17/h5-6H,2,4,7-8H2,1,3H3,(H2,13,16,17). The summed E-state index contributed by atoms with van der Waals surface area (Å²) >= 11 is 1.03. The van der Waals surface area contributed by atoms with Gasteiger partial charge in [0.2, 0.25) is 15.9 Å². The van der Waals surface area contributed by atoms with Gasteiger partial charge in [-0.1, -0.05) is 12.2 Å². The highest BCUT2D eigenvalue weighted by Crippen LogP contribution is 2.21. The number of nitrogens with two attached hydrogens (primary N) is 1. The molecule has 0 saturated heterocycles. The van der Waals surface area contributed by atoms with Gasteiger partial charge in [-0.3, -0.25) is 4.79 Å². The fraction of sp³-hybridized carbons (Fsp3) is 0.417. The first kappa shape index (κ1) is 15.9. The molecule has 1 amide bonds. The second-order valence-corrected chi connectivity index (χ2v) is 7.26. The molecule has 1 aromatic heterocycles. The third kappa shape index (κ3) is 4.77. The van der Waals surface area contributed by atoms with Crippen LogP contribution >= 0.6 is 11.3 Å². The van der Waals surface area contributed by atoms with Crippen molar-refractivity contribution in [3.05, 3.63) is 29.2 Å². The summed E-state index contributed by atoms with van der Waals surface area (Å²) in [6.45, 7) is 8.65. The quantitative estimate of drug-likeness (QED) is 0.806. The average molecular weight is 302 g/mol. The van der Waals surface area contributed by atoms with Gasteiger partial charge in [0.05, 0.1) is 6.42 Å². The van der Waals surface area contributed by atoms with E-state index in [0.717, 1.165) is 16.9 Å². The van der Waals surface area contributed by atoms with Crippen molar-refractivity contribution in [2.75, 3.05) is 13.1 Å². The van der Waals surface area contributed by atoms with Crippen molar-refractivity contribution in [1.29, 1.82) is 0 Å². The maximum atomic E-state index is 12.0. The van der Waals surface area contributed by atoms with Gasteiger partial charge < -0.3 is 4.90 Å². The lowest BCUT2D eigenvalue weighted by atomic mass is 10.2. The van der Waals surface area contributed by atoms with Crippen LogP contribution in [0.3, 0.4) is 0 Å². The van der Waals surface area contributed by atoms with E-state index in [1.54, 1.807) is 11.0 Å². The van der Waals surface area contributed by atoms with Crippen LogP contribution in [-0.2, 0) is 21.2 Å². The zero-order valence-corrected chi connectivity index (χ0v) is 12.7. The molecule has 1 aromatic rings. The fourth-order valence-electron chi connectivity index (χ4n) is 1.57. The highest BCUT2D eigenvalue weighted by molar-refractivity contribution is 7.91. The average Bonchev–Trinajstić information content (AvgIpc) is 2.73. The van der Waals surface area contributed by atoms with Crippen molar-refractivity contribution in [2.45, 2.75) is 24.5 Å². The summed E-state index contributed by atoms with van der Waals surface area (Å²) in [6, 6.07) is 3.05. The number of rotatable bonds is 6. The number of carbonyl (C=O) groups is 1. The lowest BCUT2D eigenvalue weighted by molar-refractivity contribution is -0.129. The number of sulfonamides is 1. The summed E-state index contributed by atoms with van der Waals surface area (Å²) in [5, 5.41) is 5.03. The summed E-state index contributed by atoms with van der Waals surface area (Å²) in [5.41, 5.74) is 0.909. The van der Waals surface area contributed by atoms with E-state index >= 15 is 0 Å². The molecule has 0 bridgehead atoms. The van der Waals surface area contributed by atoms with E-state index in [4.69, 9.17) is 5.14 Å². The number of amides is 1. The van der Waals surface area contributed by atoms with Crippen molar-refractivity contribution in [3.63, 3.8) is 0 Å². The molecule has 0 fully saturated rings. The van der Waals surface area contributed by atoms with Gasteiger partial charge in [0.25, 0.3) is 0 Å². The highest BCUT2D eigenvalue weighted by Gasteiger charge is 2.16. The van der Waals surface area contributed by atoms with Gasteiger partial charge in [0.1, 0.15) is 4.21 Å². The van der Waals surface area contributed by atoms with Crippen molar-refractivity contribution in [3.8, 4) is 0 Å². The van der Waals surface area contributed by atoms with E-state index in [1.165, 1.54) is 6.07 Å². The van der Waals surface area contributed by atoms with E-state index in [1.807, 2.05) is 13.8 Å². The number of carbonyl (C=O) groups excluding carboxylic acids is 1. The van der Waals surface area contributed by atoms with E-state index < -0.39 is 10.0 Å². The van der Waals surface area contributed by atoms with E-state index in [2.05, 4.69) is 6.58 Å². The molecule has 0 aliphatic carbocycles. The lowest BCUT2D eigenvalue weighted by Crippen LogP contribution is -2.33. The lowest BCUT2D eigenvalue weighted by Gasteiger charge is -2.20. The Labute approximate surface area is 117 Å². The molecular weight excluding hydrogens is 284 g/mol. The van der Waals surface area contributed by atoms with E-state index in [-0.39, 0.29) is 16.5 Å². The van der Waals surface area contributed by atoms with Crippen LogP contribution < -0.4 is 5.14 Å². The van der Waals surface area contributed by atoms with Crippen LogP contribution in [0.1, 0.15) is 18.7 Å². The first-order valence-corrected chi connectivity index (χ1v) is 8.14. The molecule has 0 spiro atoms. The minimum absolute atomic E-state index is 0.0479. The number of likely N-dealkylation sites (N-methyl/N-ethyl adjacent to an activating group) is 1. The van der Waals surface area contributed by atoms with Crippen molar-refractivity contribution in [1.82, 2.24) is 4.90 Å². The molecule has 106 valence electrons. The third-order valence-corrected chi connectivity index (χ3v) is 4.96. The van der Waals surface area contributed by atoms with Crippen LogP contribution in [0, 0.1) is 0 Å². The molecule has 0 saturated carbocycles. The molecule has 0 radical (unpaired) electrons. The second-order valence-electron chi connectivity index (χ2n) is 4.31. The summed E-state index contributed by atoms with van der Waals surface area (Å²) in [4.78, 5) is 14.4. The predicted octanol–water partition coefficient (Wildman–Crippen LogP) is 1.36. The molecule has 19 heavy (non-hydrogen) atoms. The predicted molar refractivity (Wildman–Crippen MR) is 76.5 cm³/mol. The Morgan fingerprint density at radius 3 is 2.53 bits per heavy atom. The minimum atomic E-state index is -3.68. The SMILES string of the molecule is C=C(C)CN(CC)C(=O)Cc1ccc(S(N)(=O)=O)s1. The summed E-state index contributed by atoms with van der Waals surface area (Å²) in [7, 11) is -3.68. The van der Waals surface area contributed by atoms with Gasteiger partial charge in [0, 0.05) is 18.0 Å². The first-order chi connectivity index (χ1) is 8.74. The summed E-state index contributed by atoms with van der Waals surface area (Å²) in [6.07, 6.45) is 0.182. The zero-order valence-electron chi connectivity index (χ0n) is 11.0. The molecule has 0 aliphatic heterocycles. The Bertz CT molecular complexity index is 576. The smallest absolute Gasteiger partial charge is 0.247 e. The molecule has 0 aromatic carbocycles. The Hall–Kier alpha value is -1.18. The summed E-state index contributed by atoms with van der Waals surface area (Å²) in [5.74, 6) is -0.0479. The van der Waals surface area contributed by atoms with Crippen LogP contribution in [0.25, 0.3) is 0 Å². The van der Waals surface area contributed by atoms with Gasteiger partial charge in [-0.2, -0.15) is 0 Å². The van der Waals surface area contributed by atoms with Crippen LogP contribution in [0.5, 0.6) is 0 Å². The summed E-state index contributed by atoms with van der Waals surface area (Å²) < 4.78 is 22.4. The van der Waals surface area contributed by atoms with Gasteiger partial charge in [-0.25, -0.2) is 13.6 Å². The molecule has 0 atom stereocenters. The second kappa shape index (κ2) is 6.31. The molecule has 0 aliphatic rings. The van der Waals surface area contributed by atoms with Crippen molar-refractivity contribution >= 4 is 27.3 Å². The van der Waals surface area contributed by atoms with Gasteiger partial charge in [-0.05, 0) is 26.0 Å². The monoisotopic (exact) mass is 302 g/mol. The first-order valence-electron chi connectivity index (χ1n) is 5.77. The van der Waals surface area contributed by atoms with Crippen molar-refractivity contribution in [2.24, 2.45) is 5.14 Å². The molecular formula is C12H18N2O3S2. The highest BCUT2D eigenvalue weighted by atomic mass is 32.2. The largest absolute Gasteiger partial charge is 0.339 e. The van der Waals surface area contributed by atoms with Gasteiger partial charge in [0.15, 0.2) is 0 Å². The third-order valence-electron chi connectivity index (χ3n) is 2.44.